The van der Waals surface area contributed by atoms with Crippen LogP contribution in [0.5, 0.6) is 0 Å². The van der Waals surface area contributed by atoms with Crippen LogP contribution in [0, 0.1) is 0 Å². The third-order valence-corrected chi connectivity index (χ3v) is 17.9. The van der Waals surface area contributed by atoms with Gasteiger partial charge in [0.25, 0.3) is 0 Å². The summed E-state index contributed by atoms with van der Waals surface area (Å²) in [6, 6.07) is -0.939. The van der Waals surface area contributed by atoms with Gasteiger partial charge in [0.15, 0.2) is 12.6 Å². The van der Waals surface area contributed by atoms with E-state index in [0.717, 1.165) is 77.0 Å². The Labute approximate surface area is 572 Å². The Balaban J connectivity index is 1.64. The van der Waals surface area contributed by atoms with Crippen molar-refractivity contribution in [2.75, 3.05) is 19.8 Å². The van der Waals surface area contributed by atoms with E-state index in [1.807, 2.05) is 6.08 Å². The molecule has 12 atom stereocenters. The number of nitrogens with one attached hydrogen (secondary N) is 1. The molecule has 2 aliphatic rings. The zero-order valence-corrected chi connectivity index (χ0v) is 59.2. The van der Waals surface area contributed by atoms with Gasteiger partial charge in [-0.25, -0.2) is 0 Å². The van der Waals surface area contributed by atoms with Gasteiger partial charge < -0.3 is 65.1 Å². The molecule has 0 saturated carbocycles. The van der Waals surface area contributed by atoms with Crippen molar-refractivity contribution in [2.24, 2.45) is 0 Å². The van der Waals surface area contributed by atoms with Crippen molar-refractivity contribution < 1.29 is 64.6 Å². The molecule has 0 aliphatic carbocycles. The molecule has 12 unspecified atom stereocenters. The van der Waals surface area contributed by atoms with Crippen LogP contribution < -0.4 is 5.32 Å². The molecule has 0 spiro atoms. The quantitative estimate of drug-likeness (QED) is 0.0204. The van der Waals surface area contributed by atoms with Crippen LogP contribution in [0.4, 0.5) is 0 Å². The number of allylic oxidation sites excluding steroid dienone is 17. The maximum absolute atomic E-state index is 13.4. The van der Waals surface area contributed by atoms with Gasteiger partial charge in [-0.1, -0.05) is 309 Å². The molecule has 2 saturated heterocycles. The van der Waals surface area contributed by atoms with Gasteiger partial charge in [0.05, 0.1) is 32.0 Å². The predicted molar refractivity (Wildman–Crippen MR) is 387 cm³/mol. The van der Waals surface area contributed by atoms with E-state index < -0.39 is 86.8 Å². The van der Waals surface area contributed by atoms with Crippen molar-refractivity contribution in [1.82, 2.24) is 5.32 Å². The molecule has 14 heteroatoms. The highest BCUT2D eigenvalue weighted by molar-refractivity contribution is 5.76. The van der Waals surface area contributed by atoms with Crippen LogP contribution in [-0.2, 0) is 23.7 Å². The number of amides is 1. The number of hydrogen-bond donors (Lipinski definition) is 9. The summed E-state index contributed by atoms with van der Waals surface area (Å²) in [6.07, 6.45) is 74.4. The average Bonchev–Trinajstić information content (AvgIpc) is 0.794. The van der Waals surface area contributed by atoms with E-state index in [0.29, 0.717) is 12.8 Å². The highest BCUT2D eigenvalue weighted by Gasteiger charge is 2.51. The van der Waals surface area contributed by atoms with Crippen molar-refractivity contribution in [2.45, 2.75) is 370 Å². The summed E-state index contributed by atoms with van der Waals surface area (Å²) in [4.78, 5) is 13.4. The minimum absolute atomic E-state index is 0.250. The molecule has 94 heavy (non-hydrogen) atoms. The van der Waals surface area contributed by atoms with Crippen LogP contribution in [0.25, 0.3) is 0 Å². The van der Waals surface area contributed by atoms with Gasteiger partial charge in [0.1, 0.15) is 48.8 Å². The summed E-state index contributed by atoms with van der Waals surface area (Å²) in [7, 11) is 0. The number of ether oxygens (including phenoxy) is 4. The normalized spacial score (nSPS) is 23.1. The van der Waals surface area contributed by atoms with E-state index >= 15 is 0 Å². The fraction of sp³-hybridized carbons (Fsp3) is 0.762. The first-order valence-electron chi connectivity index (χ1n) is 38.1. The average molecular weight is 1320 g/mol. The molecule has 9 N–H and O–H groups in total. The lowest BCUT2D eigenvalue weighted by Crippen LogP contribution is -2.65. The van der Waals surface area contributed by atoms with Crippen LogP contribution in [0.3, 0.4) is 0 Å². The topological polar surface area (TPSA) is 228 Å². The van der Waals surface area contributed by atoms with E-state index in [9.17, 15) is 45.6 Å². The van der Waals surface area contributed by atoms with Gasteiger partial charge in [-0.3, -0.25) is 4.79 Å². The molecule has 2 rings (SSSR count). The Hall–Kier alpha value is -3.35. The lowest BCUT2D eigenvalue weighted by molar-refractivity contribution is -0.359. The number of unbranched alkanes of at least 4 members (excludes halogenated alkanes) is 33. The van der Waals surface area contributed by atoms with E-state index in [2.05, 4.69) is 116 Å². The summed E-state index contributed by atoms with van der Waals surface area (Å²) < 4.78 is 22.9. The van der Waals surface area contributed by atoms with Crippen molar-refractivity contribution >= 4 is 5.91 Å². The first kappa shape index (κ1) is 86.7. The molecule has 0 aromatic heterocycles. The Morgan fingerprint density at radius 1 is 0.394 bits per heavy atom. The van der Waals surface area contributed by atoms with Crippen LogP contribution >= 0.6 is 0 Å². The second-order valence-electron chi connectivity index (χ2n) is 26.4. The Kier molecular flexibility index (Phi) is 58.2. The maximum Gasteiger partial charge on any atom is 0.220 e. The monoisotopic (exact) mass is 1320 g/mol. The van der Waals surface area contributed by atoms with Crippen molar-refractivity contribution in [3.05, 3.63) is 109 Å². The summed E-state index contributed by atoms with van der Waals surface area (Å²) in [5, 5.41) is 87.5. The van der Waals surface area contributed by atoms with Crippen LogP contribution in [0.2, 0.25) is 0 Å². The standard InChI is InChI=1S/C80H139NO13/c1-3-5-7-9-11-13-15-17-19-21-23-25-27-28-29-30-31-32-33-34-35-36-37-38-39-40-42-44-46-48-50-52-54-56-58-60-62-64-72(85)81-68(67-91-79-77(90)75(88)78(71(66-83)93-79)94-80-76(89)74(87)73(86)70(65-82)92-80)69(84)63-61-59-57-55-53-51-49-47-45-43-41-26-24-22-20-18-16-14-12-10-8-6-4-2/h5,7,11,13,17,19,23,25,28-29,31-32,34-35,53,55,61,63,68-71,73-80,82-84,86-90H,3-4,6,8-10,12,14-16,18,20-22,24,26-27,30,33,36-52,54,56-60,62,64-67H2,1-2H3,(H,81,85)/b7-5-,13-11-,19-17-,25-23-,29-28-,32-31-,35-34-,55-53+,63-61+. The van der Waals surface area contributed by atoms with Gasteiger partial charge in [-0.15, -0.1) is 0 Å². The number of aliphatic hydroxyl groups excluding tert-OH is 8. The molecule has 0 bridgehead atoms. The van der Waals surface area contributed by atoms with E-state index in [1.165, 1.54) is 186 Å². The third kappa shape index (κ3) is 46.0. The molecule has 2 fully saturated rings. The SMILES string of the molecule is CC/C=C\C/C=C\C/C=C\C/C=C\C/C=C\C/C=C\C/C=C\CCCCCCCCCCCCCCCCCC(=O)NC(COC1OC(CO)C(OC2OC(CO)C(O)C(O)C2O)C(O)C1O)C(O)/C=C/CC/C=C/CCCCCCCCCCCCCCCCCCC. The Morgan fingerprint density at radius 2 is 0.745 bits per heavy atom. The van der Waals surface area contributed by atoms with Crippen LogP contribution in [0.15, 0.2) is 109 Å². The minimum Gasteiger partial charge on any atom is -0.394 e. The molecule has 2 heterocycles. The lowest BCUT2D eigenvalue weighted by Gasteiger charge is -2.46. The molecule has 2 aliphatic heterocycles. The Bertz CT molecular complexity index is 2000. The molecule has 0 aromatic carbocycles. The largest absolute Gasteiger partial charge is 0.394 e. The second-order valence-corrected chi connectivity index (χ2v) is 26.4. The molecular formula is C80H139NO13. The fourth-order valence-electron chi connectivity index (χ4n) is 11.9. The predicted octanol–water partition coefficient (Wildman–Crippen LogP) is 16.7. The smallest absolute Gasteiger partial charge is 0.220 e. The third-order valence-electron chi connectivity index (χ3n) is 17.9. The van der Waals surface area contributed by atoms with Crippen LogP contribution in [-0.4, -0.2) is 140 Å². The molecule has 0 aromatic rings. The van der Waals surface area contributed by atoms with Gasteiger partial charge in [-0.05, 0) is 89.9 Å². The molecule has 0 radical (unpaired) electrons. The van der Waals surface area contributed by atoms with Gasteiger partial charge >= 0.3 is 0 Å². The minimum atomic E-state index is -1.80. The van der Waals surface area contributed by atoms with Crippen molar-refractivity contribution in [3.8, 4) is 0 Å². The van der Waals surface area contributed by atoms with Crippen LogP contribution in [0.1, 0.15) is 296 Å². The number of carbonyl (C=O) groups excluding carboxylic acids is 1. The van der Waals surface area contributed by atoms with Gasteiger partial charge in [0.2, 0.25) is 5.91 Å². The zero-order chi connectivity index (χ0) is 68.0. The first-order chi connectivity index (χ1) is 46.1. The maximum atomic E-state index is 13.4. The van der Waals surface area contributed by atoms with Crippen molar-refractivity contribution in [1.29, 1.82) is 0 Å². The number of carbonyl (C=O) groups is 1. The fourth-order valence-corrected chi connectivity index (χ4v) is 11.9. The number of aliphatic hydroxyl groups is 8. The second kappa shape index (κ2) is 63.1. The molecule has 14 nitrogen and oxygen atoms in total. The van der Waals surface area contributed by atoms with Gasteiger partial charge in [-0.2, -0.15) is 0 Å². The Morgan fingerprint density at radius 3 is 1.17 bits per heavy atom. The number of rotatable bonds is 62. The lowest BCUT2D eigenvalue weighted by atomic mass is 9.97. The van der Waals surface area contributed by atoms with Gasteiger partial charge in [0, 0.05) is 6.42 Å². The summed E-state index contributed by atoms with van der Waals surface area (Å²) in [5.74, 6) is -0.250. The highest BCUT2D eigenvalue weighted by atomic mass is 16.7. The molecule has 542 valence electrons. The molecular weight excluding hydrogens is 1180 g/mol. The summed E-state index contributed by atoms with van der Waals surface area (Å²) in [5.41, 5.74) is 0. The highest BCUT2D eigenvalue weighted by Crippen LogP contribution is 2.30. The first-order valence-corrected chi connectivity index (χ1v) is 38.1. The number of hydrogen-bond acceptors (Lipinski definition) is 13. The summed E-state index contributed by atoms with van der Waals surface area (Å²) in [6.45, 7) is 2.69. The van der Waals surface area contributed by atoms with E-state index in [-0.39, 0.29) is 18.9 Å². The van der Waals surface area contributed by atoms with Crippen molar-refractivity contribution in [3.63, 3.8) is 0 Å². The zero-order valence-electron chi connectivity index (χ0n) is 59.2. The molecule has 1 amide bonds. The van der Waals surface area contributed by atoms with E-state index in [4.69, 9.17) is 18.9 Å². The summed E-state index contributed by atoms with van der Waals surface area (Å²) >= 11 is 0. The van der Waals surface area contributed by atoms with E-state index in [1.54, 1.807) is 6.08 Å².